The van der Waals surface area contributed by atoms with Crippen LogP contribution in [0.2, 0.25) is 0 Å². The van der Waals surface area contributed by atoms with E-state index in [0.29, 0.717) is 43.1 Å². The molecular weight excluding hydrogens is 462 g/mol. The predicted octanol–water partition coefficient (Wildman–Crippen LogP) is 5.75. The summed E-state index contributed by atoms with van der Waals surface area (Å²) in [5.74, 6) is 0.722. The first kappa shape index (κ1) is 25.3. The van der Waals surface area contributed by atoms with Crippen molar-refractivity contribution in [2.45, 2.75) is 19.4 Å². The number of hydrogen-bond acceptors (Lipinski definition) is 4. The van der Waals surface area contributed by atoms with Crippen molar-refractivity contribution in [1.29, 1.82) is 5.26 Å². The highest BCUT2D eigenvalue weighted by atomic mass is 16.5. The molecule has 0 aliphatic carbocycles. The van der Waals surface area contributed by atoms with Gasteiger partial charge in [0.25, 0.3) is 5.91 Å². The highest BCUT2D eigenvalue weighted by Gasteiger charge is 2.15. The second kappa shape index (κ2) is 12.3. The molecule has 186 valence electrons. The maximum absolute atomic E-state index is 12.8. The summed E-state index contributed by atoms with van der Waals surface area (Å²) in [7, 11) is 1.57. The molecule has 0 spiro atoms. The Hall–Kier alpha value is -4.76. The third-order valence-corrected chi connectivity index (χ3v) is 6.00. The summed E-state index contributed by atoms with van der Waals surface area (Å²) < 4.78 is 11.7. The lowest BCUT2D eigenvalue weighted by molar-refractivity contribution is -0.117. The largest absolute Gasteiger partial charge is 0.493 e. The topological polar surface area (TPSA) is 87.1 Å². The average molecular weight is 492 g/mol. The highest BCUT2D eigenvalue weighted by molar-refractivity contribution is 6.01. The van der Waals surface area contributed by atoms with Gasteiger partial charge in [0.05, 0.1) is 7.11 Å². The average Bonchev–Trinajstić information content (AvgIpc) is 3.34. The summed E-state index contributed by atoms with van der Waals surface area (Å²) in [5, 5.41) is 13.7. The van der Waals surface area contributed by atoms with Crippen LogP contribution in [0.5, 0.6) is 11.5 Å². The van der Waals surface area contributed by atoms with Gasteiger partial charge in [0.15, 0.2) is 11.5 Å². The summed E-state index contributed by atoms with van der Waals surface area (Å²) in [6.07, 6.45) is 6.49. The zero-order chi connectivity index (χ0) is 26.0. The van der Waals surface area contributed by atoms with Crippen LogP contribution < -0.4 is 14.8 Å². The number of amides is 1. The predicted molar refractivity (Wildman–Crippen MR) is 146 cm³/mol. The lowest BCUT2D eigenvalue weighted by atomic mass is 10.0. The van der Waals surface area contributed by atoms with Crippen molar-refractivity contribution in [3.63, 3.8) is 0 Å². The van der Waals surface area contributed by atoms with Gasteiger partial charge in [-0.05, 0) is 53.8 Å². The molecule has 3 aromatic carbocycles. The number of nitrogens with zero attached hydrogens (tertiary/aromatic N) is 1. The number of hydrogen-bond donors (Lipinski definition) is 2. The van der Waals surface area contributed by atoms with E-state index in [1.165, 1.54) is 0 Å². The molecule has 4 rings (SSSR count). The Morgan fingerprint density at radius 1 is 1.11 bits per heavy atom. The molecule has 4 aromatic rings. The van der Waals surface area contributed by atoms with Crippen LogP contribution in [0, 0.1) is 11.3 Å². The molecule has 0 radical (unpaired) electrons. The number of rotatable bonds is 11. The van der Waals surface area contributed by atoms with Crippen LogP contribution in [0.15, 0.2) is 91.2 Å². The molecule has 1 amide bonds. The zero-order valence-electron chi connectivity index (χ0n) is 20.8. The van der Waals surface area contributed by atoms with Crippen LogP contribution >= 0.6 is 0 Å². The van der Waals surface area contributed by atoms with Gasteiger partial charge in [-0.15, -0.1) is 6.58 Å². The number of nitriles is 1. The van der Waals surface area contributed by atoms with Crippen LogP contribution in [0.3, 0.4) is 0 Å². The van der Waals surface area contributed by atoms with Gasteiger partial charge in [0, 0.05) is 29.2 Å². The fraction of sp³-hybridized carbons (Fsp3) is 0.161. The Kier molecular flexibility index (Phi) is 8.41. The van der Waals surface area contributed by atoms with Gasteiger partial charge in [-0.3, -0.25) is 4.79 Å². The van der Waals surface area contributed by atoms with Crippen LogP contribution in [0.4, 0.5) is 0 Å². The molecule has 0 fully saturated rings. The van der Waals surface area contributed by atoms with E-state index in [-0.39, 0.29) is 5.57 Å². The van der Waals surface area contributed by atoms with E-state index in [2.05, 4.69) is 16.9 Å². The van der Waals surface area contributed by atoms with E-state index in [9.17, 15) is 10.1 Å². The Labute approximate surface area is 216 Å². The molecule has 0 aliphatic heterocycles. The van der Waals surface area contributed by atoms with Gasteiger partial charge in [-0.25, -0.2) is 0 Å². The number of carbonyl (C=O) groups excluding carboxylic acids is 1. The molecule has 6 heteroatoms. The van der Waals surface area contributed by atoms with E-state index in [1.807, 2.05) is 72.9 Å². The Morgan fingerprint density at radius 2 is 1.89 bits per heavy atom. The fourth-order valence-electron chi connectivity index (χ4n) is 4.18. The number of para-hydroxylation sites is 1. The number of fused-ring (bicyclic) bond motifs is 1. The second-order valence-electron chi connectivity index (χ2n) is 8.51. The first-order valence-electron chi connectivity index (χ1n) is 12.1. The maximum atomic E-state index is 12.8. The van der Waals surface area contributed by atoms with Gasteiger partial charge in [0.1, 0.15) is 18.2 Å². The van der Waals surface area contributed by atoms with Crippen LogP contribution in [0.1, 0.15) is 22.3 Å². The molecular formula is C31H29N3O3. The molecule has 0 atom stereocenters. The first-order chi connectivity index (χ1) is 18.1. The number of ether oxygens (including phenoxy) is 2. The molecule has 1 heterocycles. The number of aromatic amines is 1. The number of methoxy groups -OCH3 is 1. The number of allylic oxidation sites excluding steroid dienone is 1. The minimum atomic E-state index is -0.420. The Morgan fingerprint density at radius 3 is 2.65 bits per heavy atom. The number of benzene rings is 3. The van der Waals surface area contributed by atoms with E-state index < -0.39 is 5.91 Å². The summed E-state index contributed by atoms with van der Waals surface area (Å²) in [5.41, 5.74) is 4.75. The second-order valence-corrected chi connectivity index (χ2v) is 8.51. The third kappa shape index (κ3) is 6.28. The van der Waals surface area contributed by atoms with E-state index in [0.717, 1.165) is 27.6 Å². The lowest BCUT2D eigenvalue weighted by Crippen LogP contribution is -2.26. The van der Waals surface area contributed by atoms with Gasteiger partial charge < -0.3 is 19.8 Å². The molecule has 0 aliphatic rings. The standard InChI is InChI=1S/C31H29N3O3/c1-3-9-24-16-23(18-29(36-2)30(24)37-21-22-10-5-4-6-11-22)17-26(19-32)31(35)33-15-14-25-20-34-28-13-8-7-12-27(25)28/h3-8,10-13,16-18,20,34H,1,9,14-15,21H2,2H3,(H,33,35)/b26-17-. The molecule has 1 aromatic heterocycles. The van der Waals surface area contributed by atoms with Crippen molar-refractivity contribution in [3.05, 3.63) is 113 Å². The highest BCUT2D eigenvalue weighted by Crippen LogP contribution is 2.35. The normalized spacial score (nSPS) is 11.1. The van der Waals surface area contributed by atoms with Crippen molar-refractivity contribution >= 4 is 22.9 Å². The minimum absolute atomic E-state index is 0.0171. The van der Waals surface area contributed by atoms with E-state index >= 15 is 0 Å². The molecule has 6 nitrogen and oxygen atoms in total. The number of carbonyl (C=O) groups is 1. The van der Waals surface area contributed by atoms with Crippen molar-refractivity contribution in [1.82, 2.24) is 10.3 Å². The van der Waals surface area contributed by atoms with Gasteiger partial charge in [-0.2, -0.15) is 5.26 Å². The lowest BCUT2D eigenvalue weighted by Gasteiger charge is -2.16. The van der Waals surface area contributed by atoms with E-state index in [4.69, 9.17) is 9.47 Å². The molecule has 2 N–H and O–H groups in total. The minimum Gasteiger partial charge on any atom is -0.493 e. The van der Waals surface area contributed by atoms with Crippen molar-refractivity contribution in [2.24, 2.45) is 0 Å². The van der Waals surface area contributed by atoms with Crippen LogP contribution in [-0.4, -0.2) is 24.5 Å². The molecule has 37 heavy (non-hydrogen) atoms. The quantitative estimate of drug-likeness (QED) is 0.159. The maximum Gasteiger partial charge on any atom is 0.261 e. The molecule has 0 unspecified atom stereocenters. The first-order valence-corrected chi connectivity index (χ1v) is 12.1. The summed E-state index contributed by atoms with van der Waals surface area (Å²) in [4.78, 5) is 16.0. The van der Waals surface area contributed by atoms with Crippen LogP contribution in [0.25, 0.3) is 17.0 Å². The summed E-state index contributed by atoms with van der Waals surface area (Å²) >= 11 is 0. The van der Waals surface area contributed by atoms with Gasteiger partial charge in [0.2, 0.25) is 0 Å². The molecule has 0 bridgehead atoms. The number of aromatic nitrogens is 1. The monoisotopic (exact) mass is 491 g/mol. The Balaban J connectivity index is 1.49. The van der Waals surface area contributed by atoms with Gasteiger partial charge >= 0.3 is 0 Å². The summed E-state index contributed by atoms with van der Waals surface area (Å²) in [6.45, 7) is 4.65. The van der Waals surface area contributed by atoms with Gasteiger partial charge in [-0.1, -0.05) is 54.6 Å². The van der Waals surface area contributed by atoms with Crippen LogP contribution in [-0.2, 0) is 24.2 Å². The zero-order valence-corrected chi connectivity index (χ0v) is 20.8. The molecule has 0 saturated heterocycles. The van der Waals surface area contributed by atoms with Crippen molar-refractivity contribution in [2.75, 3.05) is 13.7 Å². The van der Waals surface area contributed by atoms with Crippen molar-refractivity contribution < 1.29 is 14.3 Å². The van der Waals surface area contributed by atoms with E-state index in [1.54, 1.807) is 25.3 Å². The summed E-state index contributed by atoms with van der Waals surface area (Å²) in [6, 6.07) is 23.6. The smallest absolute Gasteiger partial charge is 0.261 e. The Bertz CT molecular complexity index is 1460. The number of H-pyrrole nitrogens is 1. The number of nitrogens with one attached hydrogen (secondary N) is 2. The SMILES string of the molecule is C=CCc1cc(/C=C(/C#N)C(=O)NCCc2c[nH]c3ccccc23)cc(OC)c1OCc1ccccc1. The third-order valence-electron chi connectivity index (χ3n) is 6.00. The fourth-order valence-corrected chi connectivity index (χ4v) is 4.18. The molecule has 0 saturated carbocycles. The van der Waals surface area contributed by atoms with Crippen molar-refractivity contribution in [3.8, 4) is 17.6 Å².